The minimum absolute atomic E-state index is 0.869. The van der Waals surface area contributed by atoms with E-state index in [0.29, 0.717) is 0 Å². The largest absolute Gasteiger partial charge is 0.456 e. The zero-order valence-corrected chi connectivity index (χ0v) is 27.0. The molecule has 0 spiro atoms. The zero-order chi connectivity index (χ0) is 32.8. The molecule has 0 amide bonds. The minimum Gasteiger partial charge on any atom is -0.456 e. The van der Waals surface area contributed by atoms with Crippen LogP contribution in [0.5, 0.6) is 0 Å². The summed E-state index contributed by atoms with van der Waals surface area (Å²) < 4.78 is 13.1. The van der Waals surface area contributed by atoms with Crippen molar-refractivity contribution >= 4 is 76.2 Å². The Hall–Kier alpha value is -6.64. The van der Waals surface area contributed by atoms with Crippen molar-refractivity contribution < 1.29 is 8.83 Å². The summed E-state index contributed by atoms with van der Waals surface area (Å²) in [7, 11) is 0. The van der Waals surface area contributed by atoms with E-state index in [9.17, 15) is 0 Å². The molecule has 11 rings (SSSR count). The van der Waals surface area contributed by atoms with Gasteiger partial charge in [-0.15, -0.1) is 0 Å². The predicted octanol–water partition coefficient (Wildman–Crippen LogP) is 13.9. The molecule has 0 radical (unpaired) electrons. The van der Waals surface area contributed by atoms with Gasteiger partial charge >= 0.3 is 0 Å². The van der Waals surface area contributed by atoms with Gasteiger partial charge in [0, 0.05) is 27.1 Å². The molecule has 0 saturated heterocycles. The first-order valence-corrected chi connectivity index (χ1v) is 17.1. The van der Waals surface area contributed by atoms with Crippen LogP contribution in [0.25, 0.3) is 110 Å². The molecule has 0 N–H and O–H groups in total. The third-order valence-corrected chi connectivity index (χ3v) is 10.5. The van der Waals surface area contributed by atoms with E-state index in [-0.39, 0.29) is 0 Å². The normalized spacial score (nSPS) is 12.0. The third kappa shape index (κ3) is 3.85. The summed E-state index contributed by atoms with van der Waals surface area (Å²) in [6.45, 7) is 0. The van der Waals surface area contributed by atoms with Gasteiger partial charge in [-0.25, -0.2) is 0 Å². The molecule has 0 atom stereocenters. The van der Waals surface area contributed by atoms with Gasteiger partial charge < -0.3 is 8.83 Å². The molecule has 2 nitrogen and oxygen atoms in total. The van der Waals surface area contributed by atoms with E-state index in [2.05, 4.69) is 152 Å². The van der Waals surface area contributed by atoms with Crippen molar-refractivity contribution in [1.82, 2.24) is 0 Å². The van der Waals surface area contributed by atoms with E-state index < -0.39 is 0 Å². The maximum Gasteiger partial charge on any atom is 0.143 e. The lowest BCUT2D eigenvalue weighted by Gasteiger charge is -2.19. The van der Waals surface area contributed by atoms with Crippen molar-refractivity contribution in [2.75, 3.05) is 0 Å². The molecule has 2 aromatic heterocycles. The Morgan fingerprint density at radius 1 is 0.300 bits per heavy atom. The van der Waals surface area contributed by atoms with Gasteiger partial charge in [0.25, 0.3) is 0 Å². The molecule has 0 aliphatic rings. The molecular weight excluding hydrogens is 609 g/mol. The van der Waals surface area contributed by atoms with Crippen molar-refractivity contribution in [3.63, 3.8) is 0 Å². The van der Waals surface area contributed by atoms with Crippen molar-refractivity contribution in [3.8, 4) is 33.4 Å². The highest BCUT2D eigenvalue weighted by Gasteiger charge is 2.22. The molecule has 2 heteroatoms. The lowest BCUT2D eigenvalue weighted by Crippen LogP contribution is -1.92. The van der Waals surface area contributed by atoms with Crippen LogP contribution in [-0.2, 0) is 0 Å². The quantitative estimate of drug-likeness (QED) is 0.180. The van der Waals surface area contributed by atoms with E-state index in [1.807, 2.05) is 18.2 Å². The van der Waals surface area contributed by atoms with Crippen LogP contribution in [0.1, 0.15) is 0 Å². The SMILES string of the molecule is c1ccc2c(-c3c4ccccc4c(-c4cc(-c5cccc6oc7ccccc7c56)c5oc6ccccc6c5c4)c4ccccc34)cccc2c1. The number of furan rings is 2. The summed E-state index contributed by atoms with van der Waals surface area (Å²) in [5.74, 6) is 0. The standard InChI is InChI=1S/C48H28O2/c1-2-15-31-29(13-1)14-11-22-33(31)46-36-19-5-3-17-34(36)45(35-18-4-6-20-37(35)46)30-27-40-32-16-7-9-24-42(32)50-48(40)41(28-30)38-23-12-26-44-47(38)39-21-8-10-25-43(39)49-44/h1-28H. The Morgan fingerprint density at radius 2 is 0.820 bits per heavy atom. The van der Waals surface area contributed by atoms with E-state index >= 15 is 0 Å². The average molecular weight is 637 g/mol. The van der Waals surface area contributed by atoms with Gasteiger partial charge in [-0.3, -0.25) is 0 Å². The van der Waals surface area contributed by atoms with Gasteiger partial charge in [-0.2, -0.15) is 0 Å². The van der Waals surface area contributed by atoms with Gasteiger partial charge in [0.05, 0.1) is 0 Å². The second-order valence-corrected chi connectivity index (χ2v) is 13.1. The van der Waals surface area contributed by atoms with E-state index in [1.54, 1.807) is 0 Å². The smallest absolute Gasteiger partial charge is 0.143 e. The van der Waals surface area contributed by atoms with Crippen LogP contribution >= 0.6 is 0 Å². The van der Waals surface area contributed by atoms with Gasteiger partial charge in [-0.1, -0.05) is 140 Å². The number of rotatable bonds is 3. The highest BCUT2D eigenvalue weighted by molar-refractivity contribution is 6.25. The molecule has 0 aliphatic carbocycles. The second kappa shape index (κ2) is 10.4. The molecular formula is C48H28O2. The predicted molar refractivity (Wildman–Crippen MR) is 210 cm³/mol. The number of fused-ring (bicyclic) bond motifs is 9. The van der Waals surface area contributed by atoms with Crippen LogP contribution in [0.15, 0.2) is 179 Å². The Morgan fingerprint density at radius 3 is 1.56 bits per heavy atom. The topological polar surface area (TPSA) is 26.3 Å². The van der Waals surface area contributed by atoms with Gasteiger partial charge in [-0.05, 0) is 90.5 Å². The summed E-state index contributed by atoms with van der Waals surface area (Å²) in [5.41, 5.74) is 10.6. The summed E-state index contributed by atoms with van der Waals surface area (Å²) in [4.78, 5) is 0. The Labute approximate surface area is 287 Å². The Kier molecular flexibility index (Phi) is 5.70. The zero-order valence-electron chi connectivity index (χ0n) is 27.0. The summed E-state index contributed by atoms with van der Waals surface area (Å²) in [6.07, 6.45) is 0. The number of benzene rings is 9. The fourth-order valence-electron chi connectivity index (χ4n) is 8.34. The van der Waals surface area contributed by atoms with Crippen LogP contribution in [0.4, 0.5) is 0 Å². The van der Waals surface area contributed by atoms with Crippen LogP contribution in [0.3, 0.4) is 0 Å². The summed E-state index contributed by atoms with van der Waals surface area (Å²) >= 11 is 0. The van der Waals surface area contributed by atoms with Crippen LogP contribution in [-0.4, -0.2) is 0 Å². The molecule has 0 saturated carbocycles. The van der Waals surface area contributed by atoms with E-state index in [0.717, 1.165) is 60.6 Å². The number of para-hydroxylation sites is 2. The molecule has 0 aliphatic heterocycles. The number of hydrogen-bond donors (Lipinski definition) is 0. The van der Waals surface area contributed by atoms with Crippen molar-refractivity contribution in [3.05, 3.63) is 170 Å². The highest BCUT2D eigenvalue weighted by Crippen LogP contribution is 2.49. The minimum atomic E-state index is 0.869. The third-order valence-electron chi connectivity index (χ3n) is 10.5. The van der Waals surface area contributed by atoms with Crippen LogP contribution < -0.4 is 0 Å². The molecule has 9 aromatic carbocycles. The lowest BCUT2D eigenvalue weighted by molar-refractivity contribution is 0.668. The first-order valence-electron chi connectivity index (χ1n) is 17.1. The van der Waals surface area contributed by atoms with Crippen LogP contribution in [0, 0.1) is 0 Å². The maximum atomic E-state index is 6.73. The van der Waals surface area contributed by atoms with Gasteiger partial charge in [0.15, 0.2) is 0 Å². The Bertz CT molecular complexity index is 3090. The first-order chi connectivity index (χ1) is 24.8. The monoisotopic (exact) mass is 636 g/mol. The summed E-state index contributed by atoms with van der Waals surface area (Å²) in [5, 5.41) is 11.8. The van der Waals surface area contributed by atoms with Crippen molar-refractivity contribution in [1.29, 1.82) is 0 Å². The number of hydrogen-bond acceptors (Lipinski definition) is 2. The lowest BCUT2D eigenvalue weighted by atomic mass is 9.84. The molecule has 0 fully saturated rings. The first kappa shape index (κ1) is 27.3. The molecule has 11 aromatic rings. The van der Waals surface area contributed by atoms with Crippen molar-refractivity contribution in [2.24, 2.45) is 0 Å². The molecule has 0 unspecified atom stereocenters. The van der Waals surface area contributed by atoms with Crippen molar-refractivity contribution in [2.45, 2.75) is 0 Å². The van der Waals surface area contributed by atoms with Gasteiger partial charge in [0.2, 0.25) is 0 Å². The second-order valence-electron chi connectivity index (χ2n) is 13.1. The van der Waals surface area contributed by atoms with Gasteiger partial charge in [0.1, 0.15) is 22.3 Å². The van der Waals surface area contributed by atoms with E-state index in [4.69, 9.17) is 8.83 Å². The molecule has 0 bridgehead atoms. The Balaban J connectivity index is 1.30. The molecule has 232 valence electrons. The maximum absolute atomic E-state index is 6.73. The fraction of sp³-hybridized carbons (Fsp3) is 0. The fourth-order valence-corrected chi connectivity index (χ4v) is 8.34. The average Bonchev–Trinajstić information content (AvgIpc) is 3.75. The molecule has 50 heavy (non-hydrogen) atoms. The summed E-state index contributed by atoms with van der Waals surface area (Å²) in [6, 6.07) is 60.9. The van der Waals surface area contributed by atoms with Crippen LogP contribution in [0.2, 0.25) is 0 Å². The van der Waals surface area contributed by atoms with E-state index in [1.165, 1.54) is 49.0 Å². The highest BCUT2D eigenvalue weighted by atomic mass is 16.3. The molecule has 2 heterocycles.